The largest absolute Gasteiger partial charge is 0.378 e. The highest BCUT2D eigenvalue weighted by molar-refractivity contribution is 5.97. The van der Waals surface area contributed by atoms with E-state index in [1.165, 1.54) is 5.56 Å². The van der Waals surface area contributed by atoms with Crippen molar-refractivity contribution in [1.29, 1.82) is 0 Å². The smallest absolute Gasteiger partial charge is 0.229 e. The number of carbonyl (C=O) groups is 1. The Morgan fingerprint density at radius 1 is 1.05 bits per heavy atom. The molecule has 0 bridgehead atoms. The van der Waals surface area contributed by atoms with E-state index in [0.717, 1.165) is 11.4 Å². The normalized spacial score (nSPS) is 18.1. The van der Waals surface area contributed by atoms with Gasteiger partial charge in [-0.15, -0.1) is 0 Å². The first-order valence-corrected chi connectivity index (χ1v) is 6.43. The predicted molar refractivity (Wildman–Crippen MR) is 77.3 cm³/mol. The molecule has 2 aromatic rings. The fourth-order valence-corrected chi connectivity index (χ4v) is 2.51. The summed E-state index contributed by atoms with van der Waals surface area (Å²) in [6.45, 7) is 0. The van der Waals surface area contributed by atoms with Gasteiger partial charge >= 0.3 is 0 Å². The molecule has 0 aliphatic carbocycles. The van der Waals surface area contributed by atoms with Crippen molar-refractivity contribution >= 4 is 17.3 Å². The number of anilines is 2. The maximum atomic E-state index is 12.0. The van der Waals surface area contributed by atoms with Gasteiger partial charge in [0.15, 0.2) is 0 Å². The zero-order valence-corrected chi connectivity index (χ0v) is 10.8. The van der Waals surface area contributed by atoms with Crippen LogP contribution in [0.4, 0.5) is 11.4 Å². The molecule has 2 aromatic carbocycles. The monoisotopic (exact) mass is 252 g/mol. The molecule has 3 heteroatoms. The number of fused-ring (bicyclic) bond motifs is 1. The van der Waals surface area contributed by atoms with Crippen LogP contribution >= 0.6 is 0 Å². The van der Waals surface area contributed by atoms with Crippen molar-refractivity contribution < 1.29 is 4.79 Å². The van der Waals surface area contributed by atoms with Crippen molar-refractivity contribution in [2.24, 2.45) is 0 Å². The molecule has 1 unspecified atom stereocenters. The average molecular weight is 252 g/mol. The molecular weight excluding hydrogens is 236 g/mol. The molecule has 19 heavy (non-hydrogen) atoms. The Balaban J connectivity index is 1.95. The maximum Gasteiger partial charge on any atom is 0.229 e. The quantitative estimate of drug-likeness (QED) is 0.890. The van der Waals surface area contributed by atoms with Gasteiger partial charge in [-0.1, -0.05) is 36.4 Å². The standard InChI is InChI=1S/C16H16N2O/c1-18-15-10-6-5-9-13(15)14(11-16(18)19)17-12-7-3-2-4-8-12/h2-10,14,17H,11H2,1H3. The number of hydrogen-bond donors (Lipinski definition) is 1. The topological polar surface area (TPSA) is 32.3 Å². The van der Waals surface area contributed by atoms with Gasteiger partial charge in [-0.2, -0.15) is 0 Å². The first-order valence-electron chi connectivity index (χ1n) is 6.43. The zero-order valence-electron chi connectivity index (χ0n) is 10.8. The molecule has 3 rings (SSSR count). The van der Waals surface area contributed by atoms with Gasteiger partial charge in [-0.3, -0.25) is 4.79 Å². The van der Waals surface area contributed by atoms with Gasteiger partial charge < -0.3 is 10.2 Å². The average Bonchev–Trinajstić information content (AvgIpc) is 2.46. The van der Waals surface area contributed by atoms with Gasteiger partial charge in [0, 0.05) is 18.4 Å². The molecule has 0 spiro atoms. The van der Waals surface area contributed by atoms with Gasteiger partial charge in [0.05, 0.1) is 12.5 Å². The van der Waals surface area contributed by atoms with Crippen LogP contribution in [0, 0.1) is 0 Å². The summed E-state index contributed by atoms with van der Waals surface area (Å²) in [4.78, 5) is 13.8. The van der Waals surface area contributed by atoms with E-state index in [1.54, 1.807) is 4.90 Å². The number of amides is 1. The van der Waals surface area contributed by atoms with E-state index in [1.807, 2.05) is 55.6 Å². The first kappa shape index (κ1) is 11.8. The van der Waals surface area contributed by atoms with Crippen molar-refractivity contribution in [3.8, 4) is 0 Å². The molecule has 0 fully saturated rings. The summed E-state index contributed by atoms with van der Waals surface area (Å²) < 4.78 is 0. The third kappa shape index (κ3) is 2.19. The lowest BCUT2D eigenvalue weighted by Crippen LogP contribution is -2.35. The highest BCUT2D eigenvalue weighted by atomic mass is 16.2. The van der Waals surface area contributed by atoms with Gasteiger partial charge in [-0.05, 0) is 23.8 Å². The number of hydrogen-bond acceptors (Lipinski definition) is 2. The summed E-state index contributed by atoms with van der Waals surface area (Å²) in [6.07, 6.45) is 0.488. The Kier molecular flexibility index (Phi) is 2.95. The first-order chi connectivity index (χ1) is 9.25. The summed E-state index contributed by atoms with van der Waals surface area (Å²) in [5, 5.41) is 3.44. The number of para-hydroxylation sites is 2. The van der Waals surface area contributed by atoms with Crippen LogP contribution in [-0.4, -0.2) is 13.0 Å². The van der Waals surface area contributed by atoms with Gasteiger partial charge in [0.2, 0.25) is 5.91 Å². The summed E-state index contributed by atoms with van der Waals surface area (Å²) in [6, 6.07) is 18.1. The van der Waals surface area contributed by atoms with E-state index in [0.29, 0.717) is 6.42 Å². The van der Waals surface area contributed by atoms with Crippen LogP contribution in [0.5, 0.6) is 0 Å². The molecule has 1 amide bonds. The molecule has 96 valence electrons. The third-order valence-electron chi connectivity index (χ3n) is 3.54. The van der Waals surface area contributed by atoms with Crippen molar-refractivity contribution in [2.45, 2.75) is 12.5 Å². The van der Waals surface area contributed by atoms with Gasteiger partial charge in [0.1, 0.15) is 0 Å². The summed E-state index contributed by atoms with van der Waals surface area (Å²) in [5.74, 6) is 0.145. The predicted octanol–water partition coefficient (Wildman–Crippen LogP) is 3.21. The Bertz CT molecular complexity index is 595. The molecule has 1 aliphatic heterocycles. The van der Waals surface area contributed by atoms with Crippen molar-refractivity contribution in [1.82, 2.24) is 0 Å². The second-order valence-electron chi connectivity index (χ2n) is 4.78. The van der Waals surface area contributed by atoms with E-state index in [2.05, 4.69) is 11.4 Å². The summed E-state index contributed by atoms with van der Waals surface area (Å²) >= 11 is 0. The molecule has 1 N–H and O–H groups in total. The van der Waals surface area contributed by atoms with Gasteiger partial charge in [0.25, 0.3) is 0 Å². The van der Waals surface area contributed by atoms with Crippen LogP contribution in [0.25, 0.3) is 0 Å². The third-order valence-corrected chi connectivity index (χ3v) is 3.54. The second-order valence-corrected chi connectivity index (χ2v) is 4.78. The molecule has 1 heterocycles. The van der Waals surface area contributed by atoms with Crippen molar-refractivity contribution in [3.63, 3.8) is 0 Å². The van der Waals surface area contributed by atoms with E-state index in [-0.39, 0.29) is 11.9 Å². The molecule has 0 saturated carbocycles. The molecule has 3 nitrogen and oxygen atoms in total. The lowest BCUT2D eigenvalue weighted by Gasteiger charge is -2.32. The Hall–Kier alpha value is -2.29. The van der Waals surface area contributed by atoms with Crippen molar-refractivity contribution in [3.05, 3.63) is 60.2 Å². The van der Waals surface area contributed by atoms with Crippen LogP contribution in [0.1, 0.15) is 18.0 Å². The Morgan fingerprint density at radius 3 is 2.53 bits per heavy atom. The molecule has 0 aromatic heterocycles. The highest BCUT2D eigenvalue weighted by Crippen LogP contribution is 2.35. The second kappa shape index (κ2) is 4.76. The number of rotatable bonds is 2. The van der Waals surface area contributed by atoms with Crippen LogP contribution in [-0.2, 0) is 4.79 Å². The summed E-state index contributed by atoms with van der Waals surface area (Å²) in [7, 11) is 1.83. The molecule has 0 saturated heterocycles. The van der Waals surface area contributed by atoms with E-state index in [4.69, 9.17) is 0 Å². The van der Waals surface area contributed by atoms with E-state index >= 15 is 0 Å². The zero-order chi connectivity index (χ0) is 13.2. The highest BCUT2D eigenvalue weighted by Gasteiger charge is 2.28. The van der Waals surface area contributed by atoms with Crippen LogP contribution in [0.15, 0.2) is 54.6 Å². The number of nitrogens with zero attached hydrogens (tertiary/aromatic N) is 1. The van der Waals surface area contributed by atoms with Crippen LogP contribution in [0.3, 0.4) is 0 Å². The summed E-state index contributed by atoms with van der Waals surface area (Å²) in [5.41, 5.74) is 3.21. The number of benzene rings is 2. The molecule has 1 aliphatic rings. The number of nitrogens with one attached hydrogen (secondary N) is 1. The van der Waals surface area contributed by atoms with Gasteiger partial charge in [-0.25, -0.2) is 0 Å². The minimum Gasteiger partial charge on any atom is -0.378 e. The fourth-order valence-electron chi connectivity index (χ4n) is 2.51. The fraction of sp³-hybridized carbons (Fsp3) is 0.188. The SMILES string of the molecule is CN1C(=O)CC(Nc2ccccc2)c2ccccc21. The minimum atomic E-state index is 0.0438. The molecule has 1 atom stereocenters. The van der Waals surface area contributed by atoms with Crippen LogP contribution < -0.4 is 10.2 Å². The molecular formula is C16H16N2O. The van der Waals surface area contributed by atoms with E-state index in [9.17, 15) is 4.79 Å². The van der Waals surface area contributed by atoms with E-state index < -0.39 is 0 Å². The number of carbonyl (C=O) groups excluding carboxylic acids is 1. The molecule has 0 radical (unpaired) electrons. The van der Waals surface area contributed by atoms with Crippen LogP contribution in [0.2, 0.25) is 0 Å². The Morgan fingerprint density at radius 2 is 1.74 bits per heavy atom. The van der Waals surface area contributed by atoms with Crippen molar-refractivity contribution in [2.75, 3.05) is 17.3 Å². The lowest BCUT2D eigenvalue weighted by molar-refractivity contribution is -0.118. The Labute approximate surface area is 112 Å². The lowest BCUT2D eigenvalue weighted by atomic mass is 9.96. The minimum absolute atomic E-state index is 0.0438. The maximum absolute atomic E-state index is 12.0.